The molecule has 208 valence electrons. The van der Waals surface area contributed by atoms with Gasteiger partial charge in [-0.15, -0.1) is 11.3 Å². The molecule has 3 aromatic rings. The number of nitrogens with zero attached hydrogens (tertiary/aromatic N) is 3. The summed E-state index contributed by atoms with van der Waals surface area (Å²) in [6.45, 7) is 4.57. The van der Waals surface area contributed by atoms with E-state index >= 15 is 0 Å². The van der Waals surface area contributed by atoms with Crippen molar-refractivity contribution in [2.45, 2.75) is 51.4 Å². The highest BCUT2D eigenvalue weighted by Crippen LogP contribution is 2.50. The second-order valence-corrected chi connectivity index (χ2v) is 11.6. The lowest BCUT2D eigenvalue weighted by atomic mass is 9.86. The lowest BCUT2D eigenvalue weighted by Crippen LogP contribution is -2.42. The number of halogens is 7. The van der Waals surface area contributed by atoms with Gasteiger partial charge in [0.1, 0.15) is 0 Å². The van der Waals surface area contributed by atoms with E-state index in [9.17, 15) is 22.4 Å². The van der Waals surface area contributed by atoms with Gasteiger partial charge in [-0.3, -0.25) is 4.79 Å². The molecule has 5 nitrogen and oxygen atoms in total. The maximum atomic E-state index is 14.3. The third-order valence-corrected chi connectivity index (χ3v) is 8.02. The molecule has 2 heterocycles. The lowest BCUT2D eigenvalue weighted by molar-refractivity contribution is -0.275. The van der Waals surface area contributed by atoms with Crippen LogP contribution in [0.4, 0.5) is 17.6 Å². The number of rotatable bonds is 8. The predicted molar refractivity (Wildman–Crippen MR) is 144 cm³/mol. The van der Waals surface area contributed by atoms with E-state index in [1.54, 1.807) is 30.2 Å². The minimum absolute atomic E-state index is 0.00753. The van der Waals surface area contributed by atoms with Crippen molar-refractivity contribution in [3.63, 3.8) is 0 Å². The number of oxime groups is 1. The quantitative estimate of drug-likeness (QED) is 0.187. The first-order valence-electron chi connectivity index (χ1n) is 11.8. The summed E-state index contributed by atoms with van der Waals surface area (Å²) in [6, 6.07) is 6.36. The molecule has 39 heavy (non-hydrogen) atoms. The summed E-state index contributed by atoms with van der Waals surface area (Å²) in [5.41, 5.74) is -2.05. The van der Waals surface area contributed by atoms with Crippen LogP contribution < -0.4 is 0 Å². The molecular formula is C26H22Cl3F4N3O2S. The third kappa shape index (κ3) is 6.04. The topological polar surface area (TPSA) is 54.8 Å². The van der Waals surface area contributed by atoms with Crippen LogP contribution in [0.5, 0.6) is 0 Å². The van der Waals surface area contributed by atoms with E-state index in [0.717, 1.165) is 29.9 Å². The summed E-state index contributed by atoms with van der Waals surface area (Å²) >= 11 is 18.8. The van der Waals surface area contributed by atoms with Crippen LogP contribution in [0.2, 0.25) is 14.5 Å². The Kier molecular flexibility index (Phi) is 8.80. The van der Waals surface area contributed by atoms with Crippen molar-refractivity contribution >= 4 is 57.8 Å². The normalized spacial score (nSPS) is 17.2. The van der Waals surface area contributed by atoms with E-state index in [1.807, 2.05) is 6.92 Å². The van der Waals surface area contributed by atoms with Gasteiger partial charge < -0.3 is 9.74 Å². The fourth-order valence-electron chi connectivity index (χ4n) is 4.25. The Balaban J connectivity index is 1.61. The summed E-state index contributed by atoms with van der Waals surface area (Å²) in [5, 5.41) is 2.61. The molecule has 1 aromatic heterocycles. The Morgan fingerprint density at radius 1 is 1.18 bits per heavy atom. The highest BCUT2D eigenvalue weighted by molar-refractivity contribution is 7.15. The fraction of sp³-hybridized carbons (Fsp3) is 0.346. The number of hydrogen-bond acceptors (Lipinski definition) is 5. The molecule has 1 unspecified atom stereocenters. The Morgan fingerprint density at radius 3 is 2.44 bits per heavy atom. The van der Waals surface area contributed by atoms with Gasteiger partial charge in [-0.2, -0.15) is 13.2 Å². The number of unbranched alkanes of at least 4 members (excludes halogenated alkanes) is 1. The average Bonchev–Trinajstić information content (AvgIpc) is 3.51. The van der Waals surface area contributed by atoms with E-state index in [0.29, 0.717) is 34.2 Å². The first kappa shape index (κ1) is 29.6. The van der Waals surface area contributed by atoms with Gasteiger partial charge in [0.2, 0.25) is 0 Å². The molecular weight excluding hydrogens is 601 g/mol. The van der Waals surface area contributed by atoms with Gasteiger partial charge in [0.25, 0.3) is 11.5 Å². The second-order valence-electron chi connectivity index (χ2n) is 9.07. The molecule has 0 saturated heterocycles. The average molecular weight is 623 g/mol. The van der Waals surface area contributed by atoms with Crippen LogP contribution >= 0.6 is 46.1 Å². The van der Waals surface area contributed by atoms with E-state index in [4.69, 9.17) is 39.6 Å². The molecule has 2 aromatic carbocycles. The van der Waals surface area contributed by atoms with E-state index < -0.39 is 39.6 Å². The van der Waals surface area contributed by atoms with Gasteiger partial charge in [-0.1, -0.05) is 59.4 Å². The van der Waals surface area contributed by atoms with Crippen LogP contribution in [0, 0.1) is 12.7 Å². The van der Waals surface area contributed by atoms with Crippen LogP contribution in [0.1, 0.15) is 58.1 Å². The van der Waals surface area contributed by atoms with Crippen LogP contribution in [0.3, 0.4) is 0 Å². The Morgan fingerprint density at radius 2 is 1.87 bits per heavy atom. The minimum atomic E-state index is -4.92. The Labute approximate surface area is 241 Å². The standard InChI is InChI=1S/C26H22Cl3F4N3O2S/c1-3-4-7-36(13-17-12-34-24(29)39-17)23(37)18-6-5-15(8-14(18)2)21-11-25(38-35-21,26(31,32)33)16-9-19(27)22(30)20(28)10-16/h5-6,8-10,12H,3-4,7,11,13H2,1-2H3. The van der Waals surface area contributed by atoms with Gasteiger partial charge in [0.15, 0.2) is 10.3 Å². The molecule has 0 bridgehead atoms. The molecule has 0 N–H and O–H groups in total. The number of benzene rings is 2. The zero-order valence-electron chi connectivity index (χ0n) is 20.7. The number of aryl methyl sites for hydroxylation is 1. The smallest absolute Gasteiger partial charge is 0.374 e. The molecule has 0 spiro atoms. The molecule has 13 heteroatoms. The van der Waals surface area contributed by atoms with Gasteiger partial charge >= 0.3 is 6.18 Å². The number of hydrogen-bond donors (Lipinski definition) is 0. The van der Waals surface area contributed by atoms with Crippen molar-refractivity contribution in [3.8, 4) is 0 Å². The predicted octanol–water partition coefficient (Wildman–Crippen LogP) is 8.58. The molecule has 0 saturated carbocycles. The Bertz CT molecular complexity index is 1410. The number of thiazole rings is 1. The zero-order valence-corrected chi connectivity index (χ0v) is 23.8. The molecule has 0 aliphatic carbocycles. The van der Waals surface area contributed by atoms with Crippen molar-refractivity contribution in [1.82, 2.24) is 9.88 Å². The summed E-state index contributed by atoms with van der Waals surface area (Å²) in [7, 11) is 0. The molecule has 4 rings (SSSR count). The van der Waals surface area contributed by atoms with E-state index in [1.165, 1.54) is 17.4 Å². The molecule has 0 fully saturated rings. The molecule has 0 radical (unpaired) electrons. The molecule has 1 amide bonds. The summed E-state index contributed by atoms with van der Waals surface area (Å²) in [5.74, 6) is -1.25. The number of carbonyl (C=O) groups excluding carboxylic acids is 1. The van der Waals surface area contributed by atoms with Gasteiger partial charge in [0.05, 0.1) is 22.3 Å². The van der Waals surface area contributed by atoms with Crippen molar-refractivity contribution in [2.75, 3.05) is 6.54 Å². The third-order valence-electron chi connectivity index (χ3n) is 6.37. The van der Waals surface area contributed by atoms with Crippen molar-refractivity contribution < 1.29 is 27.2 Å². The minimum Gasteiger partial charge on any atom is -0.374 e. The van der Waals surface area contributed by atoms with Crippen molar-refractivity contribution in [1.29, 1.82) is 0 Å². The maximum absolute atomic E-state index is 14.3. The first-order valence-corrected chi connectivity index (χ1v) is 13.8. The monoisotopic (exact) mass is 621 g/mol. The number of amides is 1. The zero-order chi connectivity index (χ0) is 28.5. The van der Waals surface area contributed by atoms with Crippen LogP contribution in [-0.2, 0) is 17.0 Å². The SMILES string of the molecule is CCCCN(Cc1cnc(Cl)s1)C(=O)c1ccc(C2=NOC(c3cc(Cl)c(F)c(Cl)c3)(C(F)(F)F)C2)cc1C. The first-order chi connectivity index (χ1) is 18.4. The van der Waals surface area contributed by atoms with Crippen LogP contribution in [-0.4, -0.2) is 34.2 Å². The van der Waals surface area contributed by atoms with Gasteiger partial charge in [-0.05, 0) is 48.7 Å². The molecule has 1 atom stereocenters. The fourth-order valence-corrected chi connectivity index (χ4v) is 5.73. The second kappa shape index (κ2) is 11.6. The summed E-state index contributed by atoms with van der Waals surface area (Å²) < 4.78 is 57.3. The summed E-state index contributed by atoms with van der Waals surface area (Å²) in [6.07, 6.45) is -2.32. The Hall–Kier alpha value is -2.40. The molecule has 1 aliphatic heterocycles. The lowest BCUT2D eigenvalue weighted by Gasteiger charge is -2.29. The van der Waals surface area contributed by atoms with Crippen LogP contribution in [0.25, 0.3) is 0 Å². The highest BCUT2D eigenvalue weighted by Gasteiger charge is 2.62. The highest BCUT2D eigenvalue weighted by atomic mass is 35.5. The number of carbonyl (C=O) groups is 1. The van der Waals surface area contributed by atoms with E-state index in [-0.39, 0.29) is 11.6 Å². The number of alkyl halides is 3. The van der Waals surface area contributed by atoms with Crippen LogP contribution in [0.15, 0.2) is 41.7 Å². The summed E-state index contributed by atoms with van der Waals surface area (Å²) in [4.78, 5) is 25.0. The molecule has 1 aliphatic rings. The van der Waals surface area contributed by atoms with Gasteiger partial charge in [0, 0.05) is 35.2 Å². The van der Waals surface area contributed by atoms with E-state index in [2.05, 4.69) is 10.1 Å². The number of aromatic nitrogens is 1. The largest absolute Gasteiger partial charge is 0.435 e. The van der Waals surface area contributed by atoms with Gasteiger partial charge in [-0.25, -0.2) is 9.37 Å². The van der Waals surface area contributed by atoms with Crippen molar-refractivity contribution in [2.24, 2.45) is 5.16 Å². The maximum Gasteiger partial charge on any atom is 0.435 e. The van der Waals surface area contributed by atoms with Crippen molar-refractivity contribution in [3.05, 3.63) is 84.0 Å².